The fourth-order valence-corrected chi connectivity index (χ4v) is 1.59. The Morgan fingerprint density at radius 1 is 1.68 bits per heavy atom. The molecule has 0 aromatic carbocycles. The summed E-state index contributed by atoms with van der Waals surface area (Å²) in [4.78, 5) is 26.2. The normalized spacial score (nSPS) is 9.68. The Labute approximate surface area is 109 Å². The molecule has 1 N–H and O–H groups in total. The van der Waals surface area contributed by atoms with Crippen LogP contribution in [0.3, 0.4) is 0 Å². The van der Waals surface area contributed by atoms with Gasteiger partial charge in [-0.3, -0.25) is 0 Å². The molecule has 0 atom stereocenters. The van der Waals surface area contributed by atoms with Crippen LogP contribution in [0.4, 0.5) is 11.5 Å². The van der Waals surface area contributed by atoms with E-state index in [0.717, 1.165) is 12.3 Å². The Morgan fingerprint density at radius 3 is 2.84 bits per heavy atom. The van der Waals surface area contributed by atoms with Crippen molar-refractivity contribution < 1.29 is 14.8 Å². The molecule has 0 aliphatic heterocycles. The van der Waals surface area contributed by atoms with Crippen molar-refractivity contribution >= 4 is 17.5 Å². The summed E-state index contributed by atoms with van der Waals surface area (Å²) < 4.78 is 0. The summed E-state index contributed by atoms with van der Waals surface area (Å²) >= 11 is 0. The van der Waals surface area contributed by atoms with Crippen molar-refractivity contribution in [1.82, 2.24) is 4.98 Å². The van der Waals surface area contributed by atoms with Crippen LogP contribution >= 0.6 is 0 Å². The van der Waals surface area contributed by atoms with E-state index >= 15 is 0 Å². The fraction of sp³-hybridized carbons (Fsp3) is 0.364. The zero-order chi connectivity index (χ0) is 14.4. The predicted molar refractivity (Wildman–Crippen MR) is 66.0 cm³/mol. The van der Waals surface area contributed by atoms with Gasteiger partial charge >= 0.3 is 11.8 Å². The van der Waals surface area contributed by atoms with Gasteiger partial charge in [-0.15, -0.1) is 0 Å². The molecule has 0 bridgehead atoms. The van der Waals surface area contributed by atoms with Gasteiger partial charge in [0.05, 0.1) is 29.8 Å². The monoisotopic (exact) mass is 264 g/mol. The number of pyridine rings is 1. The van der Waals surface area contributed by atoms with E-state index in [9.17, 15) is 14.9 Å². The lowest BCUT2D eigenvalue weighted by molar-refractivity contribution is -0.389. The van der Waals surface area contributed by atoms with Crippen molar-refractivity contribution in [1.29, 1.82) is 5.26 Å². The number of aromatic nitrogens is 1. The van der Waals surface area contributed by atoms with Gasteiger partial charge in [-0.1, -0.05) is 0 Å². The summed E-state index contributed by atoms with van der Waals surface area (Å²) in [6, 6.07) is 2.89. The lowest BCUT2D eigenvalue weighted by Crippen LogP contribution is -2.26. The van der Waals surface area contributed by atoms with Crippen LogP contribution in [0.1, 0.15) is 23.7 Å². The maximum Gasteiger partial charge on any atom is 0.364 e. The van der Waals surface area contributed by atoms with E-state index in [2.05, 4.69) is 4.98 Å². The maximum absolute atomic E-state index is 11.1. The second kappa shape index (κ2) is 6.30. The van der Waals surface area contributed by atoms with Gasteiger partial charge in [0, 0.05) is 13.1 Å². The molecule has 100 valence electrons. The van der Waals surface area contributed by atoms with E-state index < -0.39 is 16.7 Å². The highest BCUT2D eigenvalue weighted by Gasteiger charge is 2.21. The van der Waals surface area contributed by atoms with Crippen molar-refractivity contribution in [3.05, 3.63) is 27.9 Å². The quantitative estimate of drug-likeness (QED) is 0.609. The van der Waals surface area contributed by atoms with Crippen molar-refractivity contribution in [3.8, 4) is 6.07 Å². The van der Waals surface area contributed by atoms with Gasteiger partial charge in [0.15, 0.2) is 6.20 Å². The van der Waals surface area contributed by atoms with Gasteiger partial charge in [0.2, 0.25) is 0 Å². The zero-order valence-corrected chi connectivity index (χ0v) is 10.2. The number of carboxylic acids is 1. The Hall–Kier alpha value is -2.69. The number of carboxylic acid groups (broad SMARTS) is 1. The van der Waals surface area contributed by atoms with Gasteiger partial charge in [0.1, 0.15) is 0 Å². The summed E-state index contributed by atoms with van der Waals surface area (Å²) in [5.41, 5.74) is 0.0809. The second-order valence-corrected chi connectivity index (χ2v) is 3.61. The molecule has 0 amide bonds. The number of rotatable bonds is 6. The van der Waals surface area contributed by atoms with E-state index in [-0.39, 0.29) is 17.7 Å². The van der Waals surface area contributed by atoms with Crippen LogP contribution in [-0.2, 0) is 0 Å². The minimum Gasteiger partial charge on any atom is -0.478 e. The molecule has 0 radical (unpaired) electrons. The molecule has 19 heavy (non-hydrogen) atoms. The first-order valence-electron chi connectivity index (χ1n) is 5.50. The summed E-state index contributed by atoms with van der Waals surface area (Å²) in [6.07, 6.45) is 1.38. The number of nitro groups is 1. The zero-order valence-electron chi connectivity index (χ0n) is 10.2. The van der Waals surface area contributed by atoms with Gasteiger partial charge < -0.3 is 20.1 Å². The van der Waals surface area contributed by atoms with Crippen molar-refractivity contribution in [2.24, 2.45) is 0 Å². The molecule has 0 aliphatic rings. The molecule has 1 aromatic heterocycles. The van der Waals surface area contributed by atoms with E-state index in [1.807, 2.05) is 6.07 Å². The van der Waals surface area contributed by atoms with Gasteiger partial charge in [-0.05, 0) is 16.8 Å². The fourth-order valence-electron chi connectivity index (χ4n) is 1.59. The molecule has 0 saturated carbocycles. The topological polar surface area (TPSA) is 120 Å². The average molecular weight is 264 g/mol. The van der Waals surface area contributed by atoms with E-state index in [1.165, 1.54) is 0 Å². The smallest absolute Gasteiger partial charge is 0.364 e. The molecule has 0 unspecified atom stereocenters. The predicted octanol–water partition coefficient (Wildman–Crippen LogP) is 1.43. The van der Waals surface area contributed by atoms with E-state index in [4.69, 9.17) is 10.4 Å². The molecule has 1 aromatic rings. The molecule has 1 rings (SSSR count). The van der Waals surface area contributed by atoms with Crippen LogP contribution in [0.5, 0.6) is 0 Å². The van der Waals surface area contributed by atoms with Gasteiger partial charge in [-0.2, -0.15) is 5.26 Å². The minimum atomic E-state index is -1.27. The number of hydrogen-bond acceptors (Lipinski definition) is 6. The number of nitrogens with zero attached hydrogens (tertiary/aromatic N) is 4. The number of aromatic carboxylic acids is 1. The van der Waals surface area contributed by atoms with Crippen LogP contribution in [0, 0.1) is 21.4 Å². The minimum absolute atomic E-state index is 0.193. The number of anilines is 1. The first-order valence-corrected chi connectivity index (χ1v) is 5.50. The highest BCUT2D eigenvalue weighted by atomic mass is 16.6. The van der Waals surface area contributed by atoms with Crippen molar-refractivity contribution in [3.63, 3.8) is 0 Å². The van der Waals surface area contributed by atoms with Crippen molar-refractivity contribution in [2.75, 3.05) is 18.0 Å². The summed E-state index contributed by atoms with van der Waals surface area (Å²) in [7, 11) is 0. The van der Waals surface area contributed by atoms with Crippen molar-refractivity contribution in [2.45, 2.75) is 13.3 Å². The SMILES string of the molecule is CCN(CCC#N)c1cnc([N+](=O)[O-])cc1C(=O)O. The first kappa shape index (κ1) is 14.4. The summed E-state index contributed by atoms with van der Waals surface area (Å²) in [6.45, 7) is 2.61. The molecule has 0 aliphatic carbocycles. The summed E-state index contributed by atoms with van der Waals surface area (Å²) in [5.74, 6) is -1.78. The van der Waals surface area contributed by atoms with Crippen LogP contribution in [0.25, 0.3) is 0 Å². The molecule has 0 fully saturated rings. The molecule has 1 heterocycles. The average Bonchev–Trinajstić information content (AvgIpc) is 2.39. The number of hydrogen-bond donors (Lipinski definition) is 1. The third-order valence-corrected chi connectivity index (χ3v) is 2.50. The van der Waals surface area contributed by atoms with Crippen LogP contribution in [0.15, 0.2) is 12.3 Å². The molecule has 0 spiro atoms. The Balaban J connectivity index is 3.22. The number of carbonyl (C=O) groups is 1. The van der Waals surface area contributed by atoms with Gasteiger partial charge in [0.25, 0.3) is 0 Å². The van der Waals surface area contributed by atoms with Gasteiger partial charge in [-0.25, -0.2) is 4.79 Å². The molecule has 0 saturated heterocycles. The standard InChI is InChI=1S/C11H12N4O4/c1-2-14(5-3-4-12)9-7-13-10(15(18)19)6-8(9)11(16)17/h6-7H,2-3,5H2,1H3,(H,16,17). The van der Waals surface area contributed by atoms with Crippen LogP contribution in [-0.4, -0.2) is 34.1 Å². The van der Waals surface area contributed by atoms with Crippen LogP contribution < -0.4 is 4.90 Å². The van der Waals surface area contributed by atoms with Crippen LogP contribution in [0.2, 0.25) is 0 Å². The maximum atomic E-state index is 11.1. The summed E-state index contributed by atoms with van der Waals surface area (Å²) in [5, 5.41) is 28.2. The Bertz CT molecular complexity index is 538. The molecular formula is C11H12N4O4. The molecule has 8 nitrogen and oxygen atoms in total. The second-order valence-electron chi connectivity index (χ2n) is 3.61. The third-order valence-electron chi connectivity index (χ3n) is 2.50. The third kappa shape index (κ3) is 3.38. The molecule has 8 heteroatoms. The first-order chi connectivity index (χ1) is 9.01. The highest BCUT2D eigenvalue weighted by Crippen LogP contribution is 2.23. The molecular weight excluding hydrogens is 252 g/mol. The number of nitriles is 1. The lowest BCUT2D eigenvalue weighted by atomic mass is 10.2. The Kier molecular flexibility index (Phi) is 4.76. The highest BCUT2D eigenvalue weighted by molar-refractivity contribution is 5.94. The Morgan fingerprint density at radius 2 is 2.37 bits per heavy atom. The lowest BCUT2D eigenvalue weighted by Gasteiger charge is -2.21. The van der Waals surface area contributed by atoms with E-state index in [0.29, 0.717) is 13.1 Å². The largest absolute Gasteiger partial charge is 0.478 e. The van der Waals surface area contributed by atoms with E-state index in [1.54, 1.807) is 11.8 Å².